The Kier molecular flexibility index (Phi) is 4.17. The quantitative estimate of drug-likeness (QED) is 0.761. The standard InChI is InChI=1S/C10H13ClN2S/c1-7(13-10(14)12-2)8-5-3-4-6-9(8)11/h3-7H,1-2H3,(H2,12,13,14)/t7-/m0/s1. The number of hydrogen-bond donors (Lipinski definition) is 2. The maximum absolute atomic E-state index is 6.04. The highest BCUT2D eigenvalue weighted by molar-refractivity contribution is 7.80. The third-order valence-corrected chi connectivity index (χ3v) is 2.61. The van der Waals surface area contributed by atoms with Crippen molar-refractivity contribution in [1.29, 1.82) is 0 Å². The van der Waals surface area contributed by atoms with Crippen molar-refractivity contribution >= 4 is 28.9 Å². The number of benzene rings is 1. The summed E-state index contributed by atoms with van der Waals surface area (Å²) in [5.74, 6) is 0. The zero-order valence-electron chi connectivity index (χ0n) is 8.17. The minimum atomic E-state index is 0.114. The average Bonchev–Trinajstić information content (AvgIpc) is 2.18. The Morgan fingerprint density at radius 2 is 2.07 bits per heavy atom. The van der Waals surface area contributed by atoms with Gasteiger partial charge in [0.05, 0.1) is 6.04 Å². The summed E-state index contributed by atoms with van der Waals surface area (Å²) in [7, 11) is 1.79. The van der Waals surface area contributed by atoms with Crippen LogP contribution in [0.1, 0.15) is 18.5 Å². The van der Waals surface area contributed by atoms with Crippen molar-refractivity contribution in [3.8, 4) is 0 Å². The summed E-state index contributed by atoms with van der Waals surface area (Å²) >= 11 is 11.1. The minimum Gasteiger partial charge on any atom is -0.366 e. The van der Waals surface area contributed by atoms with Crippen molar-refractivity contribution in [1.82, 2.24) is 10.6 Å². The molecule has 76 valence electrons. The molecule has 14 heavy (non-hydrogen) atoms. The molecule has 1 aromatic rings. The molecule has 0 saturated heterocycles. The predicted molar refractivity (Wildman–Crippen MR) is 64.7 cm³/mol. The third-order valence-electron chi connectivity index (χ3n) is 1.95. The summed E-state index contributed by atoms with van der Waals surface area (Å²) in [5, 5.41) is 7.36. The van der Waals surface area contributed by atoms with Crippen LogP contribution in [0.15, 0.2) is 24.3 Å². The fourth-order valence-corrected chi connectivity index (χ4v) is 1.65. The highest BCUT2D eigenvalue weighted by atomic mass is 35.5. The molecule has 0 amide bonds. The van der Waals surface area contributed by atoms with Crippen LogP contribution in [0.3, 0.4) is 0 Å². The first kappa shape index (κ1) is 11.3. The van der Waals surface area contributed by atoms with Crippen molar-refractivity contribution in [2.75, 3.05) is 7.05 Å². The Labute approximate surface area is 94.7 Å². The summed E-state index contributed by atoms with van der Waals surface area (Å²) in [6, 6.07) is 7.84. The zero-order chi connectivity index (χ0) is 10.6. The van der Waals surface area contributed by atoms with Gasteiger partial charge in [-0.15, -0.1) is 0 Å². The minimum absolute atomic E-state index is 0.114. The second kappa shape index (κ2) is 5.17. The van der Waals surface area contributed by atoms with E-state index in [0.717, 1.165) is 10.6 Å². The first-order chi connectivity index (χ1) is 6.65. The lowest BCUT2D eigenvalue weighted by Crippen LogP contribution is -2.34. The van der Waals surface area contributed by atoms with Crippen LogP contribution in [0.25, 0.3) is 0 Å². The van der Waals surface area contributed by atoms with E-state index in [1.54, 1.807) is 7.05 Å². The topological polar surface area (TPSA) is 24.1 Å². The van der Waals surface area contributed by atoms with Gasteiger partial charge < -0.3 is 10.6 Å². The van der Waals surface area contributed by atoms with Gasteiger partial charge in [0.15, 0.2) is 5.11 Å². The maximum Gasteiger partial charge on any atom is 0.166 e. The molecular formula is C10H13ClN2S. The molecule has 4 heteroatoms. The van der Waals surface area contributed by atoms with Crippen LogP contribution in [0.2, 0.25) is 5.02 Å². The third kappa shape index (κ3) is 2.86. The van der Waals surface area contributed by atoms with Gasteiger partial charge in [-0.25, -0.2) is 0 Å². The van der Waals surface area contributed by atoms with Crippen molar-refractivity contribution < 1.29 is 0 Å². The van der Waals surface area contributed by atoms with Crippen LogP contribution in [0.4, 0.5) is 0 Å². The Balaban J connectivity index is 2.74. The Morgan fingerprint density at radius 3 is 2.64 bits per heavy atom. The molecule has 0 spiro atoms. The van der Waals surface area contributed by atoms with Crippen molar-refractivity contribution in [3.63, 3.8) is 0 Å². The van der Waals surface area contributed by atoms with Crippen LogP contribution in [0.5, 0.6) is 0 Å². The maximum atomic E-state index is 6.04. The molecule has 0 saturated carbocycles. The van der Waals surface area contributed by atoms with Crippen LogP contribution >= 0.6 is 23.8 Å². The van der Waals surface area contributed by atoms with Gasteiger partial charge in [-0.1, -0.05) is 29.8 Å². The molecule has 1 atom stereocenters. The normalized spacial score (nSPS) is 11.9. The molecule has 0 bridgehead atoms. The van der Waals surface area contributed by atoms with Crippen LogP contribution in [0, 0.1) is 0 Å². The molecule has 0 fully saturated rings. The van der Waals surface area contributed by atoms with Crippen molar-refractivity contribution in [2.24, 2.45) is 0 Å². The predicted octanol–water partition coefficient (Wildman–Crippen LogP) is 2.49. The smallest absolute Gasteiger partial charge is 0.166 e. The van der Waals surface area contributed by atoms with Gasteiger partial charge in [-0.3, -0.25) is 0 Å². The van der Waals surface area contributed by atoms with E-state index in [1.165, 1.54) is 0 Å². The van der Waals surface area contributed by atoms with Crippen LogP contribution < -0.4 is 10.6 Å². The molecule has 0 unspecified atom stereocenters. The van der Waals surface area contributed by atoms with E-state index in [9.17, 15) is 0 Å². The lowest BCUT2D eigenvalue weighted by atomic mass is 10.1. The molecule has 0 aliphatic rings. The fraction of sp³-hybridized carbons (Fsp3) is 0.300. The Morgan fingerprint density at radius 1 is 1.43 bits per heavy atom. The lowest BCUT2D eigenvalue weighted by molar-refractivity contribution is 0.710. The van der Waals surface area contributed by atoms with Crippen LogP contribution in [-0.2, 0) is 0 Å². The number of thiocarbonyl (C=S) groups is 1. The number of halogens is 1. The fourth-order valence-electron chi connectivity index (χ4n) is 1.17. The van der Waals surface area contributed by atoms with E-state index >= 15 is 0 Å². The summed E-state index contributed by atoms with van der Waals surface area (Å²) in [6.45, 7) is 2.02. The molecule has 0 aliphatic carbocycles. The van der Waals surface area contributed by atoms with E-state index in [4.69, 9.17) is 23.8 Å². The summed E-state index contributed by atoms with van der Waals surface area (Å²) in [6.07, 6.45) is 0. The summed E-state index contributed by atoms with van der Waals surface area (Å²) in [4.78, 5) is 0. The van der Waals surface area contributed by atoms with E-state index in [0.29, 0.717) is 5.11 Å². The van der Waals surface area contributed by atoms with Gasteiger partial charge in [0.25, 0.3) is 0 Å². The second-order valence-electron chi connectivity index (χ2n) is 2.97. The monoisotopic (exact) mass is 228 g/mol. The lowest BCUT2D eigenvalue weighted by Gasteiger charge is -2.16. The Bertz CT molecular complexity index is 328. The van der Waals surface area contributed by atoms with Gasteiger partial charge >= 0.3 is 0 Å². The molecule has 1 rings (SSSR count). The van der Waals surface area contributed by atoms with Gasteiger partial charge in [-0.05, 0) is 30.8 Å². The van der Waals surface area contributed by atoms with E-state index in [2.05, 4.69) is 10.6 Å². The van der Waals surface area contributed by atoms with E-state index in [-0.39, 0.29) is 6.04 Å². The Hall–Kier alpha value is -0.800. The van der Waals surface area contributed by atoms with Gasteiger partial charge in [0.2, 0.25) is 0 Å². The van der Waals surface area contributed by atoms with E-state index in [1.807, 2.05) is 31.2 Å². The summed E-state index contributed by atoms with van der Waals surface area (Å²) in [5.41, 5.74) is 1.05. The second-order valence-corrected chi connectivity index (χ2v) is 3.78. The number of rotatable bonds is 2. The first-order valence-electron chi connectivity index (χ1n) is 4.38. The molecule has 0 radical (unpaired) electrons. The number of hydrogen-bond acceptors (Lipinski definition) is 1. The van der Waals surface area contributed by atoms with Crippen molar-refractivity contribution in [2.45, 2.75) is 13.0 Å². The van der Waals surface area contributed by atoms with Gasteiger partial charge in [0.1, 0.15) is 0 Å². The highest BCUT2D eigenvalue weighted by Gasteiger charge is 2.08. The molecule has 0 aliphatic heterocycles. The highest BCUT2D eigenvalue weighted by Crippen LogP contribution is 2.21. The average molecular weight is 229 g/mol. The van der Waals surface area contributed by atoms with E-state index < -0.39 is 0 Å². The van der Waals surface area contributed by atoms with Gasteiger partial charge in [0, 0.05) is 12.1 Å². The van der Waals surface area contributed by atoms with Crippen LogP contribution in [-0.4, -0.2) is 12.2 Å². The SMILES string of the molecule is CNC(=S)N[C@@H](C)c1ccccc1Cl. The summed E-state index contributed by atoms with van der Waals surface area (Å²) < 4.78 is 0. The molecule has 0 heterocycles. The molecular weight excluding hydrogens is 216 g/mol. The molecule has 1 aromatic carbocycles. The molecule has 2 nitrogen and oxygen atoms in total. The van der Waals surface area contributed by atoms with Crippen molar-refractivity contribution in [3.05, 3.63) is 34.9 Å². The molecule has 0 aromatic heterocycles. The zero-order valence-corrected chi connectivity index (χ0v) is 9.75. The first-order valence-corrected chi connectivity index (χ1v) is 5.16. The largest absolute Gasteiger partial charge is 0.366 e. The van der Waals surface area contributed by atoms with Gasteiger partial charge in [-0.2, -0.15) is 0 Å². The molecule has 2 N–H and O–H groups in total. The number of nitrogens with one attached hydrogen (secondary N) is 2.